The van der Waals surface area contributed by atoms with Gasteiger partial charge in [0, 0.05) is 48.5 Å². The summed E-state index contributed by atoms with van der Waals surface area (Å²) < 4.78 is 23.9. The number of fused-ring (bicyclic) bond motifs is 1. The van der Waals surface area contributed by atoms with E-state index in [-0.39, 0.29) is 11.7 Å². The Hall–Kier alpha value is -3.35. The number of amides is 1. The van der Waals surface area contributed by atoms with Crippen molar-refractivity contribution in [3.63, 3.8) is 0 Å². The Morgan fingerprint density at radius 2 is 1.78 bits per heavy atom. The number of anilines is 1. The van der Waals surface area contributed by atoms with Crippen LogP contribution >= 0.6 is 0 Å². The number of methoxy groups -OCH3 is 2. The molecule has 0 aliphatic carbocycles. The highest BCUT2D eigenvalue weighted by atomic mass is 19.1. The number of nitrogens with zero attached hydrogens (tertiary/aromatic N) is 2. The second-order valence-electron chi connectivity index (χ2n) is 8.04. The van der Waals surface area contributed by atoms with Crippen molar-refractivity contribution in [3.8, 4) is 11.5 Å². The number of hydrogen-bond donors (Lipinski definition) is 1. The highest BCUT2D eigenvalue weighted by Gasteiger charge is 2.21. The van der Waals surface area contributed by atoms with Crippen LogP contribution in [0.1, 0.15) is 29.6 Å². The van der Waals surface area contributed by atoms with Crippen LogP contribution in [0, 0.1) is 11.7 Å². The smallest absolute Gasteiger partial charge is 0.251 e. The average molecular weight is 438 g/mol. The van der Waals surface area contributed by atoms with Gasteiger partial charge in [0.25, 0.3) is 5.91 Å². The number of ether oxygens (including phenoxy) is 2. The van der Waals surface area contributed by atoms with Crippen molar-refractivity contribution in [3.05, 3.63) is 60.0 Å². The fraction of sp³-hybridized carbons (Fsp3) is 0.360. The quantitative estimate of drug-likeness (QED) is 0.593. The molecule has 1 aromatic heterocycles. The molecule has 0 saturated carbocycles. The number of carbonyl (C=O) groups excluding carboxylic acids is 1. The maximum Gasteiger partial charge on any atom is 0.251 e. The minimum absolute atomic E-state index is 0.157. The number of benzene rings is 2. The largest absolute Gasteiger partial charge is 0.493 e. The van der Waals surface area contributed by atoms with Crippen molar-refractivity contribution < 1.29 is 18.7 Å². The third kappa shape index (κ3) is 4.77. The average Bonchev–Trinajstić information content (AvgIpc) is 2.83. The van der Waals surface area contributed by atoms with Gasteiger partial charge in [-0.05, 0) is 61.6 Å². The molecule has 0 unspecified atom stereocenters. The van der Waals surface area contributed by atoms with Crippen LogP contribution in [0.25, 0.3) is 10.9 Å². The normalized spacial score (nSPS) is 14.4. The summed E-state index contributed by atoms with van der Waals surface area (Å²) in [6, 6.07) is 11.6. The first-order valence-corrected chi connectivity index (χ1v) is 10.9. The van der Waals surface area contributed by atoms with Crippen LogP contribution in [0.3, 0.4) is 0 Å². The van der Waals surface area contributed by atoms with Gasteiger partial charge in [-0.15, -0.1) is 0 Å². The van der Waals surface area contributed by atoms with E-state index in [0.717, 1.165) is 48.9 Å². The lowest BCUT2D eigenvalue weighted by molar-refractivity contribution is 0.0950. The summed E-state index contributed by atoms with van der Waals surface area (Å²) in [5.74, 6) is 1.43. The number of hydrogen-bond acceptors (Lipinski definition) is 5. The van der Waals surface area contributed by atoms with Gasteiger partial charge in [-0.2, -0.15) is 0 Å². The zero-order valence-corrected chi connectivity index (χ0v) is 18.4. The topological polar surface area (TPSA) is 63.7 Å². The third-order valence-electron chi connectivity index (χ3n) is 6.12. The molecule has 1 aliphatic rings. The van der Waals surface area contributed by atoms with Gasteiger partial charge < -0.3 is 19.7 Å². The molecule has 3 aromatic rings. The number of halogens is 1. The molecule has 2 heterocycles. The lowest BCUT2D eigenvalue weighted by Crippen LogP contribution is -2.35. The van der Waals surface area contributed by atoms with Gasteiger partial charge >= 0.3 is 0 Å². The minimum Gasteiger partial charge on any atom is -0.493 e. The molecule has 0 radical (unpaired) electrons. The van der Waals surface area contributed by atoms with Crippen molar-refractivity contribution >= 4 is 22.5 Å². The van der Waals surface area contributed by atoms with Crippen LogP contribution in [0.15, 0.2) is 48.7 Å². The van der Waals surface area contributed by atoms with Crippen LogP contribution < -0.4 is 19.7 Å². The molecule has 32 heavy (non-hydrogen) atoms. The Labute approximate surface area is 187 Å². The van der Waals surface area contributed by atoms with Crippen molar-refractivity contribution in [1.82, 2.24) is 10.3 Å². The molecule has 4 rings (SSSR count). The highest BCUT2D eigenvalue weighted by Crippen LogP contribution is 2.37. The summed E-state index contributed by atoms with van der Waals surface area (Å²) in [5.41, 5.74) is 2.52. The zero-order chi connectivity index (χ0) is 22.5. The fourth-order valence-corrected chi connectivity index (χ4v) is 4.29. The molecule has 1 fully saturated rings. The van der Waals surface area contributed by atoms with E-state index in [2.05, 4.69) is 21.3 Å². The van der Waals surface area contributed by atoms with Gasteiger partial charge in [0.1, 0.15) is 5.82 Å². The Bertz CT molecular complexity index is 1080. The van der Waals surface area contributed by atoms with E-state index < -0.39 is 0 Å². The molecule has 6 nitrogen and oxygen atoms in total. The second-order valence-corrected chi connectivity index (χ2v) is 8.04. The van der Waals surface area contributed by atoms with Crippen LogP contribution in [-0.4, -0.2) is 44.7 Å². The van der Waals surface area contributed by atoms with Crippen LogP contribution in [-0.2, 0) is 0 Å². The molecule has 1 aliphatic heterocycles. The molecule has 1 saturated heterocycles. The standard InChI is InChI=1S/C25H28FN3O3/c1-31-23-15-20-21(16-24(23)32-2)27-12-8-22(20)29-13-9-17(10-14-29)7-11-28-25(30)18-3-5-19(26)6-4-18/h3-6,8,12,15-17H,7,9-11,13-14H2,1-2H3,(H,28,30). The molecule has 1 amide bonds. The van der Waals surface area contributed by atoms with Crippen molar-refractivity contribution in [2.45, 2.75) is 19.3 Å². The summed E-state index contributed by atoms with van der Waals surface area (Å²) in [7, 11) is 3.26. The molecule has 7 heteroatoms. The Balaban J connectivity index is 1.34. The monoisotopic (exact) mass is 437 g/mol. The van der Waals surface area contributed by atoms with Crippen molar-refractivity contribution in [1.29, 1.82) is 0 Å². The van der Waals surface area contributed by atoms with Crippen LogP contribution in [0.5, 0.6) is 11.5 Å². The Morgan fingerprint density at radius 1 is 1.09 bits per heavy atom. The molecule has 0 bridgehead atoms. The third-order valence-corrected chi connectivity index (χ3v) is 6.12. The predicted molar refractivity (Wildman–Crippen MR) is 123 cm³/mol. The molecular weight excluding hydrogens is 409 g/mol. The van der Waals surface area contributed by atoms with E-state index in [4.69, 9.17) is 9.47 Å². The Kier molecular flexibility index (Phi) is 6.73. The lowest BCUT2D eigenvalue weighted by Gasteiger charge is -2.34. The van der Waals surface area contributed by atoms with E-state index >= 15 is 0 Å². The van der Waals surface area contributed by atoms with Crippen LogP contribution in [0.2, 0.25) is 0 Å². The molecule has 2 aromatic carbocycles. The number of rotatable bonds is 7. The van der Waals surface area contributed by atoms with E-state index in [0.29, 0.717) is 29.5 Å². The van der Waals surface area contributed by atoms with E-state index in [1.165, 1.54) is 24.3 Å². The summed E-state index contributed by atoms with van der Waals surface area (Å²) in [4.78, 5) is 19.1. The molecule has 0 spiro atoms. The first kappa shape index (κ1) is 21.9. The summed E-state index contributed by atoms with van der Waals surface area (Å²) >= 11 is 0. The molecule has 0 atom stereocenters. The minimum atomic E-state index is -0.340. The first-order valence-electron chi connectivity index (χ1n) is 10.9. The van der Waals surface area contributed by atoms with Gasteiger partial charge in [0.15, 0.2) is 11.5 Å². The van der Waals surface area contributed by atoms with Crippen molar-refractivity contribution in [2.24, 2.45) is 5.92 Å². The number of aromatic nitrogens is 1. The molecule has 1 N–H and O–H groups in total. The van der Waals surface area contributed by atoms with Gasteiger partial charge in [-0.3, -0.25) is 9.78 Å². The number of nitrogens with one attached hydrogen (secondary N) is 1. The zero-order valence-electron chi connectivity index (χ0n) is 18.4. The SMILES string of the molecule is COc1cc2nccc(N3CCC(CCNC(=O)c4ccc(F)cc4)CC3)c2cc1OC. The lowest BCUT2D eigenvalue weighted by atomic mass is 9.93. The van der Waals surface area contributed by atoms with E-state index in [9.17, 15) is 9.18 Å². The van der Waals surface area contributed by atoms with Crippen LogP contribution in [0.4, 0.5) is 10.1 Å². The van der Waals surface area contributed by atoms with Gasteiger partial charge in [-0.25, -0.2) is 4.39 Å². The predicted octanol–water partition coefficient (Wildman–Crippen LogP) is 4.43. The Morgan fingerprint density at radius 3 is 2.47 bits per heavy atom. The highest BCUT2D eigenvalue weighted by molar-refractivity contribution is 5.94. The second kappa shape index (κ2) is 9.85. The first-order chi connectivity index (χ1) is 15.6. The van der Waals surface area contributed by atoms with Gasteiger partial charge in [0.05, 0.1) is 19.7 Å². The van der Waals surface area contributed by atoms with Gasteiger partial charge in [0.2, 0.25) is 0 Å². The van der Waals surface area contributed by atoms with Crippen molar-refractivity contribution in [2.75, 3.05) is 38.8 Å². The van der Waals surface area contributed by atoms with Gasteiger partial charge in [-0.1, -0.05) is 0 Å². The van der Waals surface area contributed by atoms with E-state index in [1.54, 1.807) is 14.2 Å². The van der Waals surface area contributed by atoms with E-state index in [1.807, 2.05) is 18.3 Å². The number of pyridine rings is 1. The molecular formula is C25H28FN3O3. The maximum absolute atomic E-state index is 13.0. The maximum atomic E-state index is 13.0. The number of carbonyl (C=O) groups is 1. The summed E-state index contributed by atoms with van der Waals surface area (Å²) in [5, 5.41) is 4.00. The number of piperidine rings is 1. The fourth-order valence-electron chi connectivity index (χ4n) is 4.29. The summed E-state index contributed by atoms with van der Waals surface area (Å²) in [6.07, 6.45) is 4.89. The molecule has 168 valence electrons. The summed E-state index contributed by atoms with van der Waals surface area (Å²) in [6.45, 7) is 2.52.